The standard InChI is InChI=1S/C10H18N4O.ClH/c11-7-8-13-9(14-15-8)10(12)5-3-1-2-4-6-10;/h1-7,11-12H2;1H. The molecule has 1 aliphatic rings. The lowest BCUT2D eigenvalue weighted by molar-refractivity contribution is 0.325. The van der Waals surface area contributed by atoms with E-state index in [1.54, 1.807) is 0 Å². The maximum absolute atomic E-state index is 6.32. The Morgan fingerprint density at radius 1 is 1.19 bits per heavy atom. The molecule has 1 saturated carbocycles. The molecule has 0 amide bonds. The third kappa shape index (κ3) is 2.72. The Morgan fingerprint density at radius 2 is 1.81 bits per heavy atom. The molecule has 16 heavy (non-hydrogen) atoms. The highest BCUT2D eigenvalue weighted by molar-refractivity contribution is 5.85. The minimum atomic E-state index is -0.395. The number of rotatable bonds is 2. The van der Waals surface area contributed by atoms with Crippen LogP contribution in [0.2, 0.25) is 0 Å². The zero-order valence-corrected chi connectivity index (χ0v) is 10.1. The Hall–Kier alpha value is -0.650. The van der Waals surface area contributed by atoms with Crippen LogP contribution in [0.1, 0.15) is 50.2 Å². The Bertz CT molecular complexity index is 320. The van der Waals surface area contributed by atoms with E-state index >= 15 is 0 Å². The molecule has 0 radical (unpaired) electrons. The van der Waals surface area contributed by atoms with Gasteiger partial charge in [0, 0.05) is 0 Å². The number of hydrogen-bond donors (Lipinski definition) is 2. The van der Waals surface area contributed by atoms with Crippen LogP contribution in [0.25, 0.3) is 0 Å². The summed E-state index contributed by atoms with van der Waals surface area (Å²) in [7, 11) is 0. The molecular weight excluding hydrogens is 228 g/mol. The van der Waals surface area contributed by atoms with E-state index < -0.39 is 5.54 Å². The molecule has 1 fully saturated rings. The normalized spacial score (nSPS) is 19.9. The van der Waals surface area contributed by atoms with Crippen LogP contribution in [0.4, 0.5) is 0 Å². The van der Waals surface area contributed by atoms with Gasteiger partial charge in [0.15, 0.2) is 5.82 Å². The van der Waals surface area contributed by atoms with Crippen molar-refractivity contribution < 1.29 is 4.52 Å². The molecule has 4 N–H and O–H groups in total. The second-order valence-corrected chi connectivity index (χ2v) is 4.29. The van der Waals surface area contributed by atoms with Crippen molar-refractivity contribution in [3.8, 4) is 0 Å². The smallest absolute Gasteiger partial charge is 0.240 e. The fourth-order valence-electron chi connectivity index (χ4n) is 2.12. The van der Waals surface area contributed by atoms with E-state index in [-0.39, 0.29) is 19.0 Å². The molecule has 0 unspecified atom stereocenters. The van der Waals surface area contributed by atoms with Gasteiger partial charge in [-0.25, -0.2) is 0 Å². The van der Waals surface area contributed by atoms with Crippen LogP contribution in [0, 0.1) is 0 Å². The highest BCUT2D eigenvalue weighted by Gasteiger charge is 2.33. The van der Waals surface area contributed by atoms with Gasteiger partial charge < -0.3 is 16.0 Å². The fourth-order valence-corrected chi connectivity index (χ4v) is 2.12. The van der Waals surface area contributed by atoms with Crippen molar-refractivity contribution in [2.24, 2.45) is 11.5 Å². The third-order valence-electron chi connectivity index (χ3n) is 3.08. The second-order valence-electron chi connectivity index (χ2n) is 4.29. The predicted octanol–water partition coefficient (Wildman–Crippen LogP) is 1.46. The minimum absolute atomic E-state index is 0. The summed E-state index contributed by atoms with van der Waals surface area (Å²) in [5.41, 5.74) is 11.4. The largest absolute Gasteiger partial charge is 0.338 e. The van der Waals surface area contributed by atoms with Gasteiger partial charge in [-0.1, -0.05) is 30.8 Å². The zero-order valence-electron chi connectivity index (χ0n) is 9.32. The monoisotopic (exact) mass is 246 g/mol. The van der Waals surface area contributed by atoms with Gasteiger partial charge in [0.05, 0.1) is 12.1 Å². The SMILES string of the molecule is Cl.NCc1nc(C2(N)CCCCCC2)no1. The van der Waals surface area contributed by atoms with Gasteiger partial charge in [0.1, 0.15) is 0 Å². The topological polar surface area (TPSA) is 91.0 Å². The van der Waals surface area contributed by atoms with E-state index in [2.05, 4.69) is 10.1 Å². The maximum atomic E-state index is 6.32. The molecule has 2 rings (SSSR count). The van der Waals surface area contributed by atoms with E-state index in [0.29, 0.717) is 11.7 Å². The number of nitrogens with zero attached hydrogens (tertiary/aromatic N) is 2. The van der Waals surface area contributed by atoms with E-state index in [9.17, 15) is 0 Å². The first-order valence-corrected chi connectivity index (χ1v) is 5.57. The summed E-state index contributed by atoms with van der Waals surface area (Å²) in [5, 5.41) is 3.93. The van der Waals surface area contributed by atoms with Gasteiger partial charge in [0.25, 0.3) is 0 Å². The predicted molar refractivity (Wildman–Crippen MR) is 63.0 cm³/mol. The molecule has 0 atom stereocenters. The van der Waals surface area contributed by atoms with Crippen LogP contribution < -0.4 is 11.5 Å². The van der Waals surface area contributed by atoms with E-state index in [1.807, 2.05) is 0 Å². The first kappa shape index (κ1) is 13.4. The number of nitrogens with two attached hydrogens (primary N) is 2. The molecule has 1 aromatic rings. The lowest BCUT2D eigenvalue weighted by atomic mass is 9.91. The van der Waals surface area contributed by atoms with Gasteiger partial charge in [-0.15, -0.1) is 12.4 Å². The van der Waals surface area contributed by atoms with Crippen molar-refractivity contribution in [2.45, 2.75) is 50.6 Å². The molecule has 6 heteroatoms. The molecule has 0 aliphatic heterocycles. The summed E-state index contributed by atoms with van der Waals surface area (Å²) in [4.78, 5) is 4.24. The number of aromatic nitrogens is 2. The Morgan fingerprint density at radius 3 is 2.31 bits per heavy atom. The third-order valence-corrected chi connectivity index (χ3v) is 3.08. The van der Waals surface area contributed by atoms with Crippen LogP contribution in [0.15, 0.2) is 4.52 Å². The highest BCUT2D eigenvalue weighted by Crippen LogP contribution is 2.31. The molecule has 0 bridgehead atoms. The quantitative estimate of drug-likeness (QED) is 0.771. The van der Waals surface area contributed by atoms with E-state index in [1.165, 1.54) is 12.8 Å². The lowest BCUT2D eigenvalue weighted by Crippen LogP contribution is -2.37. The van der Waals surface area contributed by atoms with Crippen molar-refractivity contribution in [3.05, 3.63) is 11.7 Å². The number of hydrogen-bond acceptors (Lipinski definition) is 5. The van der Waals surface area contributed by atoms with Crippen molar-refractivity contribution in [2.75, 3.05) is 0 Å². The van der Waals surface area contributed by atoms with Crippen molar-refractivity contribution in [1.82, 2.24) is 10.1 Å². The molecule has 92 valence electrons. The second kappa shape index (κ2) is 5.61. The van der Waals surface area contributed by atoms with Gasteiger partial charge in [0.2, 0.25) is 5.89 Å². The van der Waals surface area contributed by atoms with Gasteiger partial charge in [-0.05, 0) is 12.8 Å². The molecule has 0 saturated heterocycles. The van der Waals surface area contributed by atoms with Crippen LogP contribution >= 0.6 is 12.4 Å². The molecule has 0 aromatic carbocycles. The zero-order chi connectivity index (χ0) is 10.7. The molecule has 1 aliphatic carbocycles. The molecule has 5 nitrogen and oxygen atoms in total. The summed E-state index contributed by atoms with van der Waals surface area (Å²) < 4.78 is 5.01. The Kier molecular flexibility index (Phi) is 4.70. The molecule has 0 spiro atoms. The molecular formula is C10H19ClN4O. The van der Waals surface area contributed by atoms with Crippen LogP contribution in [0.3, 0.4) is 0 Å². The lowest BCUT2D eigenvalue weighted by Gasteiger charge is -2.23. The van der Waals surface area contributed by atoms with Crippen LogP contribution in [-0.2, 0) is 12.1 Å². The molecule has 1 heterocycles. The first-order valence-electron chi connectivity index (χ1n) is 5.57. The maximum Gasteiger partial charge on any atom is 0.240 e. The average molecular weight is 247 g/mol. The van der Waals surface area contributed by atoms with Crippen LogP contribution in [-0.4, -0.2) is 10.1 Å². The fraction of sp³-hybridized carbons (Fsp3) is 0.800. The first-order chi connectivity index (χ1) is 7.24. The van der Waals surface area contributed by atoms with E-state index in [4.69, 9.17) is 16.0 Å². The summed E-state index contributed by atoms with van der Waals surface area (Å²) >= 11 is 0. The summed E-state index contributed by atoms with van der Waals surface area (Å²) in [5.74, 6) is 1.10. The summed E-state index contributed by atoms with van der Waals surface area (Å²) in [6.45, 7) is 0.281. The van der Waals surface area contributed by atoms with Crippen LogP contribution in [0.5, 0.6) is 0 Å². The summed E-state index contributed by atoms with van der Waals surface area (Å²) in [6.07, 6.45) is 6.67. The van der Waals surface area contributed by atoms with Crippen molar-refractivity contribution in [1.29, 1.82) is 0 Å². The minimum Gasteiger partial charge on any atom is -0.338 e. The van der Waals surface area contributed by atoms with Crippen molar-refractivity contribution >= 4 is 12.4 Å². The van der Waals surface area contributed by atoms with Gasteiger partial charge in [-0.3, -0.25) is 0 Å². The average Bonchev–Trinajstić information content (AvgIpc) is 2.63. The Labute approximate surface area is 101 Å². The summed E-state index contributed by atoms with van der Waals surface area (Å²) in [6, 6.07) is 0. The highest BCUT2D eigenvalue weighted by atomic mass is 35.5. The number of halogens is 1. The van der Waals surface area contributed by atoms with Gasteiger partial charge >= 0.3 is 0 Å². The Balaban J connectivity index is 0.00000128. The van der Waals surface area contributed by atoms with Gasteiger partial charge in [-0.2, -0.15) is 4.98 Å². The molecule has 1 aromatic heterocycles. The van der Waals surface area contributed by atoms with Crippen molar-refractivity contribution in [3.63, 3.8) is 0 Å². The van der Waals surface area contributed by atoms with E-state index in [0.717, 1.165) is 25.7 Å².